The molecule has 0 aliphatic rings. The van der Waals surface area contributed by atoms with Crippen molar-refractivity contribution in [3.63, 3.8) is 0 Å². The number of amides is 1. The fourth-order valence-electron chi connectivity index (χ4n) is 2.26. The topological polar surface area (TPSA) is 67.2 Å². The minimum absolute atomic E-state index is 0.147. The minimum Gasteiger partial charge on any atom is -0.342 e. The van der Waals surface area contributed by atoms with Crippen LogP contribution in [0.5, 0.6) is 0 Å². The van der Waals surface area contributed by atoms with Crippen LogP contribution in [0.4, 0.5) is 0 Å². The smallest absolute Gasteiger partial charge is 0.293 e. The molecule has 0 saturated carbocycles. The fourth-order valence-corrected chi connectivity index (χ4v) is 2.64. The van der Waals surface area contributed by atoms with Crippen LogP contribution in [-0.2, 0) is 6.54 Å². The van der Waals surface area contributed by atoms with Gasteiger partial charge in [-0.15, -0.1) is 0 Å². The SMILES string of the molecule is O=C(NO)c1cc2ccn(Cc3cccc(Cl)c3Cl)c2cn1. The number of fused-ring (bicyclic) bond motifs is 1. The van der Waals surface area contributed by atoms with Crippen LogP contribution in [0, 0.1) is 0 Å². The molecule has 0 aliphatic heterocycles. The Bertz CT molecular complexity index is 861. The maximum absolute atomic E-state index is 11.4. The van der Waals surface area contributed by atoms with Gasteiger partial charge >= 0.3 is 0 Å². The molecule has 7 heteroatoms. The molecule has 2 N–H and O–H groups in total. The fraction of sp³-hybridized carbons (Fsp3) is 0.0667. The van der Waals surface area contributed by atoms with E-state index in [1.54, 1.807) is 23.8 Å². The van der Waals surface area contributed by atoms with Crippen molar-refractivity contribution in [3.05, 3.63) is 64.0 Å². The lowest BCUT2D eigenvalue weighted by Crippen LogP contribution is -2.19. The van der Waals surface area contributed by atoms with Crippen LogP contribution in [0.25, 0.3) is 10.9 Å². The first-order chi connectivity index (χ1) is 10.6. The zero-order chi connectivity index (χ0) is 15.7. The zero-order valence-corrected chi connectivity index (χ0v) is 12.8. The predicted molar refractivity (Wildman–Crippen MR) is 84.5 cm³/mol. The molecule has 0 radical (unpaired) electrons. The monoisotopic (exact) mass is 335 g/mol. The van der Waals surface area contributed by atoms with Gasteiger partial charge in [-0.25, -0.2) is 10.5 Å². The third-order valence-corrected chi connectivity index (χ3v) is 4.22. The molecule has 1 aromatic carbocycles. The van der Waals surface area contributed by atoms with Gasteiger partial charge in [-0.2, -0.15) is 0 Å². The Morgan fingerprint density at radius 2 is 2.14 bits per heavy atom. The highest BCUT2D eigenvalue weighted by molar-refractivity contribution is 6.42. The number of hydroxylamine groups is 1. The van der Waals surface area contributed by atoms with Gasteiger partial charge in [0.05, 0.1) is 21.8 Å². The summed E-state index contributed by atoms with van der Waals surface area (Å²) in [5.74, 6) is -0.646. The molecule has 0 aliphatic carbocycles. The summed E-state index contributed by atoms with van der Waals surface area (Å²) in [5.41, 5.74) is 3.46. The van der Waals surface area contributed by atoms with Crippen LogP contribution in [0.1, 0.15) is 16.1 Å². The molecule has 0 spiro atoms. The molecule has 3 rings (SSSR count). The number of nitrogens with zero attached hydrogens (tertiary/aromatic N) is 2. The summed E-state index contributed by atoms with van der Waals surface area (Å²) in [6.07, 6.45) is 3.46. The van der Waals surface area contributed by atoms with Gasteiger partial charge in [0.1, 0.15) is 5.69 Å². The highest BCUT2D eigenvalue weighted by Crippen LogP contribution is 2.27. The van der Waals surface area contributed by atoms with Gasteiger partial charge in [0.2, 0.25) is 0 Å². The van der Waals surface area contributed by atoms with E-state index >= 15 is 0 Å². The van der Waals surface area contributed by atoms with Crippen LogP contribution in [0.2, 0.25) is 10.0 Å². The second-order valence-corrected chi connectivity index (χ2v) is 5.51. The molecule has 0 saturated heterocycles. The summed E-state index contributed by atoms with van der Waals surface area (Å²) in [6.45, 7) is 0.538. The van der Waals surface area contributed by atoms with E-state index in [4.69, 9.17) is 28.4 Å². The van der Waals surface area contributed by atoms with Gasteiger partial charge in [0.25, 0.3) is 5.91 Å². The third-order valence-electron chi connectivity index (χ3n) is 3.36. The molecule has 2 aromatic heterocycles. The predicted octanol–water partition coefficient (Wildman–Crippen LogP) is 3.51. The summed E-state index contributed by atoms with van der Waals surface area (Å²) in [6, 6.07) is 8.96. The summed E-state index contributed by atoms with van der Waals surface area (Å²) in [4.78, 5) is 15.4. The second-order valence-electron chi connectivity index (χ2n) is 4.73. The molecule has 0 unspecified atom stereocenters. The van der Waals surface area contributed by atoms with Crippen molar-refractivity contribution in [1.29, 1.82) is 0 Å². The second kappa shape index (κ2) is 5.96. The normalized spacial score (nSPS) is 10.9. The number of benzene rings is 1. The zero-order valence-electron chi connectivity index (χ0n) is 11.3. The molecule has 112 valence electrons. The van der Waals surface area contributed by atoms with Crippen LogP contribution in [-0.4, -0.2) is 20.7 Å². The van der Waals surface area contributed by atoms with E-state index in [-0.39, 0.29) is 5.69 Å². The largest absolute Gasteiger partial charge is 0.342 e. The molecule has 0 bridgehead atoms. The van der Waals surface area contributed by atoms with E-state index in [9.17, 15) is 4.79 Å². The molecule has 0 fully saturated rings. The lowest BCUT2D eigenvalue weighted by Gasteiger charge is -2.08. The van der Waals surface area contributed by atoms with E-state index in [2.05, 4.69) is 4.98 Å². The lowest BCUT2D eigenvalue weighted by molar-refractivity contribution is 0.0701. The molecule has 22 heavy (non-hydrogen) atoms. The van der Waals surface area contributed by atoms with Crippen molar-refractivity contribution < 1.29 is 10.0 Å². The van der Waals surface area contributed by atoms with E-state index in [0.717, 1.165) is 16.5 Å². The number of aromatic nitrogens is 2. The number of hydrogen-bond acceptors (Lipinski definition) is 3. The Morgan fingerprint density at radius 3 is 2.91 bits per heavy atom. The van der Waals surface area contributed by atoms with Crippen LogP contribution in [0.3, 0.4) is 0 Å². The Kier molecular flexibility index (Phi) is 4.02. The van der Waals surface area contributed by atoms with Crippen LogP contribution < -0.4 is 5.48 Å². The van der Waals surface area contributed by atoms with Gasteiger partial charge < -0.3 is 4.57 Å². The molecular weight excluding hydrogens is 325 g/mol. The van der Waals surface area contributed by atoms with Gasteiger partial charge in [-0.05, 0) is 23.8 Å². The van der Waals surface area contributed by atoms with Crippen LogP contribution in [0.15, 0.2) is 42.7 Å². The number of nitrogens with one attached hydrogen (secondary N) is 1. The first-order valence-corrected chi connectivity index (χ1v) is 7.18. The van der Waals surface area contributed by atoms with Gasteiger partial charge in [-0.1, -0.05) is 35.3 Å². The quantitative estimate of drug-likeness (QED) is 0.568. The van der Waals surface area contributed by atoms with Crippen molar-refractivity contribution in [2.24, 2.45) is 0 Å². The van der Waals surface area contributed by atoms with E-state index in [1.807, 2.05) is 29.0 Å². The first-order valence-electron chi connectivity index (χ1n) is 6.42. The van der Waals surface area contributed by atoms with Gasteiger partial charge in [0.15, 0.2) is 0 Å². The average Bonchev–Trinajstić information content (AvgIpc) is 2.93. The number of carbonyl (C=O) groups excluding carboxylic acids is 1. The number of halogens is 2. The molecule has 5 nitrogen and oxygen atoms in total. The van der Waals surface area contributed by atoms with E-state index in [0.29, 0.717) is 16.6 Å². The number of carbonyl (C=O) groups is 1. The lowest BCUT2D eigenvalue weighted by atomic mass is 10.2. The number of pyridine rings is 1. The van der Waals surface area contributed by atoms with Gasteiger partial charge in [0, 0.05) is 18.1 Å². The Hall–Kier alpha value is -2.08. The van der Waals surface area contributed by atoms with E-state index < -0.39 is 5.91 Å². The maximum atomic E-state index is 11.4. The molecule has 2 heterocycles. The highest BCUT2D eigenvalue weighted by Gasteiger charge is 2.10. The van der Waals surface area contributed by atoms with Crippen molar-refractivity contribution in [3.8, 4) is 0 Å². The maximum Gasteiger partial charge on any atom is 0.293 e. The molecule has 1 amide bonds. The molecule has 0 atom stereocenters. The highest BCUT2D eigenvalue weighted by atomic mass is 35.5. The summed E-state index contributed by atoms with van der Waals surface area (Å²) in [7, 11) is 0. The number of hydrogen-bond donors (Lipinski definition) is 2. The summed E-state index contributed by atoms with van der Waals surface area (Å²) < 4.78 is 1.96. The molecule has 3 aromatic rings. The molecular formula is C15H11Cl2N3O2. The van der Waals surface area contributed by atoms with Crippen LogP contribution >= 0.6 is 23.2 Å². The summed E-state index contributed by atoms with van der Waals surface area (Å²) in [5, 5.41) is 10.5. The Balaban J connectivity index is 1.98. The first kappa shape index (κ1) is 14.8. The summed E-state index contributed by atoms with van der Waals surface area (Å²) >= 11 is 12.2. The van der Waals surface area contributed by atoms with E-state index in [1.165, 1.54) is 0 Å². The average molecular weight is 336 g/mol. The Morgan fingerprint density at radius 1 is 1.32 bits per heavy atom. The standard InChI is InChI=1S/C15H11Cl2N3O2/c16-11-3-1-2-10(14(11)17)8-20-5-4-9-6-12(15(21)19-22)18-7-13(9)20/h1-7,22H,8H2,(H,19,21). The van der Waals surface area contributed by atoms with Crippen molar-refractivity contribution in [2.45, 2.75) is 6.54 Å². The minimum atomic E-state index is -0.646. The van der Waals surface area contributed by atoms with Crippen molar-refractivity contribution in [2.75, 3.05) is 0 Å². The van der Waals surface area contributed by atoms with Crippen molar-refractivity contribution >= 4 is 40.0 Å². The Labute approximate surface area is 136 Å². The van der Waals surface area contributed by atoms with Crippen molar-refractivity contribution in [1.82, 2.24) is 15.0 Å². The van der Waals surface area contributed by atoms with Gasteiger partial charge in [-0.3, -0.25) is 10.0 Å². The third kappa shape index (κ3) is 2.66. The number of rotatable bonds is 3.